The number of nitrogens with zero attached hydrogens (tertiary/aromatic N) is 2. The van der Waals surface area contributed by atoms with Crippen molar-refractivity contribution in [1.29, 1.82) is 0 Å². The topological polar surface area (TPSA) is 88.5 Å². The highest BCUT2D eigenvalue weighted by Crippen LogP contribution is 2.20. The van der Waals surface area contributed by atoms with Crippen molar-refractivity contribution in [2.24, 2.45) is 0 Å². The van der Waals surface area contributed by atoms with Crippen LogP contribution >= 0.6 is 0 Å². The van der Waals surface area contributed by atoms with Gasteiger partial charge in [0.1, 0.15) is 5.56 Å². The molecule has 0 bridgehead atoms. The van der Waals surface area contributed by atoms with Gasteiger partial charge in [0, 0.05) is 38.8 Å². The Kier molecular flexibility index (Phi) is 6.62. The third-order valence-electron chi connectivity index (χ3n) is 5.24. The van der Waals surface area contributed by atoms with Crippen LogP contribution < -0.4 is 10.7 Å². The van der Waals surface area contributed by atoms with Gasteiger partial charge < -0.3 is 9.88 Å². The number of carbonyl (C=O) groups excluding carboxylic acids is 1. The Labute approximate surface area is 182 Å². The molecule has 1 aromatic heterocycles. The molecule has 0 spiro atoms. The van der Waals surface area contributed by atoms with Crippen LogP contribution in [0.3, 0.4) is 0 Å². The summed E-state index contributed by atoms with van der Waals surface area (Å²) in [7, 11) is -0.836. The van der Waals surface area contributed by atoms with Gasteiger partial charge in [0.05, 0.1) is 10.4 Å². The lowest BCUT2D eigenvalue weighted by molar-refractivity contribution is 0.0952. The highest BCUT2D eigenvalue weighted by Gasteiger charge is 2.20. The van der Waals surface area contributed by atoms with Crippen LogP contribution in [0.1, 0.15) is 28.4 Å². The number of amides is 1. The minimum Gasteiger partial charge on any atom is -0.352 e. The second-order valence-electron chi connectivity index (χ2n) is 7.62. The number of hydrogen-bond donors (Lipinski definition) is 1. The van der Waals surface area contributed by atoms with Crippen LogP contribution in [-0.2, 0) is 23.0 Å². The highest BCUT2D eigenvalue weighted by atomic mass is 32.2. The molecule has 0 aliphatic carbocycles. The Morgan fingerprint density at radius 2 is 1.77 bits per heavy atom. The van der Waals surface area contributed by atoms with Crippen LogP contribution in [0.5, 0.6) is 0 Å². The van der Waals surface area contributed by atoms with Gasteiger partial charge in [0.25, 0.3) is 5.91 Å². The van der Waals surface area contributed by atoms with Gasteiger partial charge >= 0.3 is 0 Å². The first kappa shape index (κ1) is 22.7. The van der Waals surface area contributed by atoms with Crippen molar-refractivity contribution < 1.29 is 13.2 Å². The Bertz CT molecular complexity index is 1280. The fourth-order valence-corrected chi connectivity index (χ4v) is 4.27. The molecule has 164 valence electrons. The smallest absolute Gasteiger partial charge is 0.256 e. The lowest BCUT2D eigenvalue weighted by Gasteiger charge is -2.15. The molecule has 3 rings (SSSR count). The fourth-order valence-electron chi connectivity index (χ4n) is 3.34. The molecule has 0 saturated carbocycles. The van der Waals surface area contributed by atoms with Gasteiger partial charge in [-0.05, 0) is 44.0 Å². The largest absolute Gasteiger partial charge is 0.352 e. The van der Waals surface area contributed by atoms with E-state index in [1.54, 1.807) is 10.6 Å². The SMILES string of the molecule is CCn1cc(C(=O)NCCc2ccc(C)cc2)c(=O)c2cc(S(=O)(=O)N(C)C)ccc21. The summed E-state index contributed by atoms with van der Waals surface area (Å²) in [4.78, 5) is 25.9. The number of sulfonamides is 1. The van der Waals surface area contributed by atoms with Crippen molar-refractivity contribution in [2.45, 2.75) is 31.7 Å². The van der Waals surface area contributed by atoms with E-state index < -0.39 is 21.4 Å². The maximum absolute atomic E-state index is 13.1. The molecule has 2 aromatic carbocycles. The molecule has 0 aliphatic heterocycles. The maximum atomic E-state index is 13.1. The standard InChI is InChI=1S/C23H27N3O4S/c1-5-26-15-20(23(28)24-13-12-17-8-6-16(2)7-9-17)22(27)19-14-18(10-11-21(19)26)31(29,30)25(3)4/h6-11,14-15H,5,12-13H2,1-4H3,(H,24,28). The Morgan fingerprint density at radius 1 is 1.10 bits per heavy atom. The number of aromatic nitrogens is 1. The normalized spacial score (nSPS) is 11.8. The van der Waals surface area contributed by atoms with Crippen LogP contribution in [0.4, 0.5) is 0 Å². The van der Waals surface area contributed by atoms with Gasteiger partial charge in [-0.25, -0.2) is 12.7 Å². The summed E-state index contributed by atoms with van der Waals surface area (Å²) in [6.07, 6.45) is 2.18. The monoisotopic (exact) mass is 441 g/mol. The van der Waals surface area contributed by atoms with E-state index >= 15 is 0 Å². The van der Waals surface area contributed by atoms with Gasteiger partial charge in [-0.15, -0.1) is 0 Å². The van der Waals surface area contributed by atoms with Crippen molar-refractivity contribution in [3.63, 3.8) is 0 Å². The quantitative estimate of drug-likeness (QED) is 0.610. The number of pyridine rings is 1. The van der Waals surface area contributed by atoms with E-state index in [0.717, 1.165) is 9.87 Å². The number of aryl methyl sites for hydroxylation is 2. The molecule has 8 heteroatoms. The molecule has 7 nitrogen and oxygen atoms in total. The Balaban J connectivity index is 1.94. The van der Waals surface area contributed by atoms with E-state index in [1.165, 1.54) is 38.0 Å². The molecule has 0 fully saturated rings. The second kappa shape index (κ2) is 9.03. The van der Waals surface area contributed by atoms with Gasteiger partial charge in [-0.1, -0.05) is 29.8 Å². The minimum atomic E-state index is -3.70. The summed E-state index contributed by atoms with van der Waals surface area (Å²) in [5.41, 5.74) is 2.36. The number of carbonyl (C=O) groups is 1. The maximum Gasteiger partial charge on any atom is 0.256 e. The molecule has 0 radical (unpaired) electrons. The Hall–Kier alpha value is -2.97. The zero-order valence-electron chi connectivity index (χ0n) is 18.2. The van der Waals surface area contributed by atoms with E-state index in [4.69, 9.17) is 0 Å². The van der Waals surface area contributed by atoms with Crippen molar-refractivity contribution >= 4 is 26.8 Å². The number of hydrogen-bond acceptors (Lipinski definition) is 4. The molecule has 3 aromatic rings. The number of rotatable bonds is 7. The van der Waals surface area contributed by atoms with Crippen LogP contribution in [0.15, 0.2) is 58.4 Å². The lowest BCUT2D eigenvalue weighted by atomic mass is 10.1. The zero-order chi connectivity index (χ0) is 22.8. The van der Waals surface area contributed by atoms with Crippen molar-refractivity contribution in [3.8, 4) is 0 Å². The molecule has 1 N–H and O–H groups in total. The summed E-state index contributed by atoms with van der Waals surface area (Å²) in [6, 6.07) is 12.5. The van der Waals surface area contributed by atoms with Crippen LogP contribution in [-0.4, -0.2) is 43.8 Å². The van der Waals surface area contributed by atoms with Crippen LogP contribution in [0.2, 0.25) is 0 Å². The first-order valence-corrected chi connectivity index (χ1v) is 11.5. The molecule has 0 unspecified atom stereocenters. The molecular weight excluding hydrogens is 414 g/mol. The van der Waals surface area contributed by atoms with Crippen LogP contribution in [0, 0.1) is 6.92 Å². The average Bonchev–Trinajstić information content (AvgIpc) is 2.75. The van der Waals surface area contributed by atoms with E-state index in [1.807, 2.05) is 38.1 Å². The summed E-state index contributed by atoms with van der Waals surface area (Å²) < 4.78 is 27.9. The van der Waals surface area contributed by atoms with E-state index in [-0.39, 0.29) is 15.8 Å². The minimum absolute atomic E-state index is 0.00217. The number of nitrogens with one attached hydrogen (secondary N) is 1. The fraction of sp³-hybridized carbons (Fsp3) is 0.304. The van der Waals surface area contributed by atoms with Gasteiger partial charge in [0.2, 0.25) is 15.5 Å². The summed E-state index contributed by atoms with van der Waals surface area (Å²) in [5.74, 6) is -0.470. The molecule has 0 atom stereocenters. The first-order chi connectivity index (χ1) is 14.6. The highest BCUT2D eigenvalue weighted by molar-refractivity contribution is 7.89. The molecule has 0 saturated heterocycles. The third kappa shape index (κ3) is 4.70. The third-order valence-corrected chi connectivity index (χ3v) is 7.05. The summed E-state index contributed by atoms with van der Waals surface area (Å²) >= 11 is 0. The molecule has 1 heterocycles. The van der Waals surface area contributed by atoms with Crippen molar-refractivity contribution in [2.75, 3.05) is 20.6 Å². The molecule has 1 amide bonds. The van der Waals surface area contributed by atoms with Crippen LogP contribution in [0.25, 0.3) is 10.9 Å². The second-order valence-corrected chi connectivity index (χ2v) is 9.77. The van der Waals surface area contributed by atoms with Gasteiger partial charge in [-0.3, -0.25) is 9.59 Å². The van der Waals surface area contributed by atoms with Crippen molar-refractivity contribution in [1.82, 2.24) is 14.2 Å². The van der Waals surface area contributed by atoms with Gasteiger partial charge in [-0.2, -0.15) is 0 Å². The molecule has 31 heavy (non-hydrogen) atoms. The number of benzene rings is 2. The lowest BCUT2D eigenvalue weighted by Crippen LogP contribution is -2.31. The first-order valence-electron chi connectivity index (χ1n) is 10.1. The molecule has 0 aliphatic rings. The zero-order valence-corrected chi connectivity index (χ0v) is 19.0. The summed E-state index contributed by atoms with van der Waals surface area (Å²) in [5, 5.41) is 3.01. The van der Waals surface area contributed by atoms with Crippen molar-refractivity contribution in [3.05, 3.63) is 75.6 Å². The molecular formula is C23H27N3O4S. The van der Waals surface area contributed by atoms with E-state index in [2.05, 4.69) is 5.32 Å². The summed E-state index contributed by atoms with van der Waals surface area (Å²) in [6.45, 7) is 4.83. The Morgan fingerprint density at radius 3 is 2.39 bits per heavy atom. The average molecular weight is 442 g/mol. The predicted molar refractivity (Wildman–Crippen MR) is 122 cm³/mol. The van der Waals surface area contributed by atoms with Gasteiger partial charge in [0.15, 0.2) is 0 Å². The van der Waals surface area contributed by atoms with E-state index in [0.29, 0.717) is 25.0 Å². The predicted octanol–water partition coefficient (Wildman–Crippen LogP) is 2.55. The van der Waals surface area contributed by atoms with E-state index in [9.17, 15) is 18.0 Å². The number of fused-ring (bicyclic) bond motifs is 1.